The number of carbonyl (C=O) groups excluding carboxylic acids is 2. The zero-order chi connectivity index (χ0) is 20.5. The van der Waals surface area contributed by atoms with Crippen molar-refractivity contribution in [2.45, 2.75) is 45.1 Å². The highest BCUT2D eigenvalue weighted by Gasteiger charge is 2.21. The second kappa shape index (κ2) is 11.2. The van der Waals surface area contributed by atoms with E-state index in [0.717, 1.165) is 12.0 Å². The molecule has 0 unspecified atom stereocenters. The number of benzene rings is 1. The highest BCUT2D eigenvalue weighted by molar-refractivity contribution is 5.89. The number of carbonyl (C=O) groups is 2. The van der Waals surface area contributed by atoms with Crippen LogP contribution in [-0.4, -0.2) is 62.4 Å². The zero-order valence-electron chi connectivity index (χ0n) is 17.3. The van der Waals surface area contributed by atoms with Crippen molar-refractivity contribution < 1.29 is 19.1 Å². The minimum absolute atomic E-state index is 0.110. The molecule has 3 rings (SSSR count). The van der Waals surface area contributed by atoms with Gasteiger partial charge in [0.2, 0.25) is 5.91 Å². The molecule has 2 fully saturated rings. The van der Waals surface area contributed by atoms with E-state index in [-0.39, 0.29) is 11.9 Å². The van der Waals surface area contributed by atoms with Crippen LogP contribution in [0.3, 0.4) is 0 Å². The third-order valence-corrected chi connectivity index (χ3v) is 5.68. The molecule has 29 heavy (non-hydrogen) atoms. The second-order valence-corrected chi connectivity index (χ2v) is 7.92. The van der Waals surface area contributed by atoms with Crippen molar-refractivity contribution in [1.82, 2.24) is 10.2 Å². The van der Waals surface area contributed by atoms with Crippen LogP contribution in [0.5, 0.6) is 0 Å². The van der Waals surface area contributed by atoms with Crippen molar-refractivity contribution >= 4 is 17.6 Å². The summed E-state index contributed by atoms with van der Waals surface area (Å²) in [5, 5.41) is 5.64. The fourth-order valence-corrected chi connectivity index (χ4v) is 3.89. The van der Waals surface area contributed by atoms with Gasteiger partial charge in [-0.05, 0) is 36.5 Å². The lowest BCUT2D eigenvalue weighted by molar-refractivity contribution is -0.134. The lowest BCUT2D eigenvalue weighted by atomic mass is 9.88. The van der Waals surface area contributed by atoms with Crippen LogP contribution in [0.2, 0.25) is 0 Å². The number of amides is 3. The van der Waals surface area contributed by atoms with Crippen molar-refractivity contribution in [1.29, 1.82) is 0 Å². The molecule has 160 valence electrons. The summed E-state index contributed by atoms with van der Waals surface area (Å²) >= 11 is 0. The van der Waals surface area contributed by atoms with Gasteiger partial charge >= 0.3 is 6.03 Å². The minimum Gasteiger partial charge on any atom is -0.378 e. The zero-order valence-corrected chi connectivity index (χ0v) is 17.3. The third kappa shape index (κ3) is 7.01. The summed E-state index contributed by atoms with van der Waals surface area (Å²) in [5.41, 5.74) is 1.63. The molecule has 1 aliphatic heterocycles. The van der Waals surface area contributed by atoms with Crippen molar-refractivity contribution in [2.75, 3.05) is 44.8 Å². The molecule has 1 aromatic rings. The van der Waals surface area contributed by atoms with E-state index in [0.29, 0.717) is 63.6 Å². The number of anilines is 1. The Kier molecular flexibility index (Phi) is 8.31. The lowest BCUT2D eigenvalue weighted by Crippen LogP contribution is -2.41. The maximum Gasteiger partial charge on any atom is 0.319 e. The van der Waals surface area contributed by atoms with E-state index in [1.807, 2.05) is 29.2 Å². The van der Waals surface area contributed by atoms with Crippen molar-refractivity contribution in [3.05, 3.63) is 29.8 Å². The van der Waals surface area contributed by atoms with Crippen LogP contribution in [0.25, 0.3) is 0 Å². The molecule has 7 nitrogen and oxygen atoms in total. The molecule has 1 saturated carbocycles. The van der Waals surface area contributed by atoms with Crippen LogP contribution < -0.4 is 10.6 Å². The molecule has 1 heterocycles. The second-order valence-electron chi connectivity index (χ2n) is 7.92. The first-order valence-electron chi connectivity index (χ1n) is 10.7. The summed E-state index contributed by atoms with van der Waals surface area (Å²) in [6.45, 7) is 5.78. The van der Waals surface area contributed by atoms with Gasteiger partial charge in [-0.1, -0.05) is 31.9 Å². The van der Waals surface area contributed by atoms with Crippen molar-refractivity contribution in [3.8, 4) is 0 Å². The number of nitrogens with zero attached hydrogens (tertiary/aromatic N) is 1. The number of hydrogen-bond acceptors (Lipinski definition) is 4. The van der Waals surface area contributed by atoms with Crippen LogP contribution in [0.15, 0.2) is 24.3 Å². The van der Waals surface area contributed by atoms with Crippen molar-refractivity contribution in [2.24, 2.45) is 5.92 Å². The Hall–Kier alpha value is -2.12. The van der Waals surface area contributed by atoms with Crippen LogP contribution >= 0.6 is 0 Å². The van der Waals surface area contributed by atoms with Crippen LogP contribution in [0.1, 0.15) is 38.2 Å². The first kappa shape index (κ1) is 21.6. The molecule has 1 aliphatic carbocycles. The van der Waals surface area contributed by atoms with Crippen molar-refractivity contribution in [3.63, 3.8) is 0 Å². The number of ether oxygens (including phenoxy) is 2. The number of morpholine rings is 1. The standard InChI is InChI=1S/C22H33N3O4/c1-17-4-2-3-5-20(17)29-13-10-23-22(27)24-19-8-6-18(7-9-19)16-21(26)25-11-14-28-15-12-25/h6-9,17,20H,2-5,10-16H2,1H3,(H2,23,24,27)/t17-,20+/m0/s1. The molecule has 2 atom stereocenters. The Labute approximate surface area is 173 Å². The smallest absolute Gasteiger partial charge is 0.319 e. The SMILES string of the molecule is C[C@H]1CCCC[C@H]1OCCNC(=O)Nc1ccc(CC(=O)N2CCOCC2)cc1. The predicted molar refractivity (Wildman–Crippen MR) is 112 cm³/mol. The molecule has 0 spiro atoms. The Balaban J connectivity index is 1.34. The van der Waals surface area contributed by atoms with E-state index >= 15 is 0 Å². The molecule has 1 saturated heterocycles. The normalized spacial score (nSPS) is 22.2. The van der Waals surface area contributed by atoms with Gasteiger partial charge in [-0.2, -0.15) is 0 Å². The monoisotopic (exact) mass is 403 g/mol. The summed E-state index contributed by atoms with van der Waals surface area (Å²) in [4.78, 5) is 26.2. The Morgan fingerprint density at radius 2 is 1.86 bits per heavy atom. The Morgan fingerprint density at radius 1 is 1.14 bits per heavy atom. The molecular formula is C22H33N3O4. The third-order valence-electron chi connectivity index (χ3n) is 5.68. The quantitative estimate of drug-likeness (QED) is 0.686. The average molecular weight is 404 g/mol. The van der Waals surface area contributed by atoms with Gasteiger partial charge in [-0.25, -0.2) is 4.79 Å². The summed E-state index contributed by atoms with van der Waals surface area (Å²) < 4.78 is 11.2. The van der Waals surface area contributed by atoms with Gasteiger partial charge in [0.15, 0.2) is 0 Å². The van der Waals surface area contributed by atoms with Crippen LogP contribution in [0, 0.1) is 5.92 Å². The predicted octanol–water partition coefficient (Wildman–Crippen LogP) is 2.80. The lowest BCUT2D eigenvalue weighted by Gasteiger charge is -2.28. The van der Waals surface area contributed by atoms with Gasteiger partial charge in [0, 0.05) is 25.3 Å². The first-order chi connectivity index (χ1) is 14.1. The Morgan fingerprint density at radius 3 is 2.59 bits per heavy atom. The van der Waals surface area contributed by atoms with E-state index in [9.17, 15) is 9.59 Å². The molecule has 7 heteroatoms. The van der Waals surface area contributed by atoms with E-state index in [1.54, 1.807) is 0 Å². The van der Waals surface area contributed by atoms with Crippen LogP contribution in [0.4, 0.5) is 10.5 Å². The van der Waals surface area contributed by atoms with E-state index in [2.05, 4.69) is 17.6 Å². The van der Waals surface area contributed by atoms with Crippen LogP contribution in [-0.2, 0) is 20.7 Å². The maximum absolute atomic E-state index is 12.3. The van der Waals surface area contributed by atoms with E-state index in [1.165, 1.54) is 19.3 Å². The van der Waals surface area contributed by atoms with E-state index in [4.69, 9.17) is 9.47 Å². The fraction of sp³-hybridized carbons (Fsp3) is 0.636. The highest BCUT2D eigenvalue weighted by atomic mass is 16.5. The Bertz CT molecular complexity index is 659. The number of hydrogen-bond donors (Lipinski definition) is 2. The van der Waals surface area contributed by atoms with Gasteiger partial charge < -0.3 is 25.0 Å². The summed E-state index contributed by atoms with van der Waals surface area (Å²) in [6.07, 6.45) is 5.56. The first-order valence-corrected chi connectivity index (χ1v) is 10.7. The number of urea groups is 1. The molecule has 0 radical (unpaired) electrons. The maximum atomic E-state index is 12.3. The molecule has 0 aromatic heterocycles. The molecule has 0 bridgehead atoms. The minimum atomic E-state index is -0.248. The fourth-order valence-electron chi connectivity index (χ4n) is 3.89. The molecule has 2 aliphatic rings. The largest absolute Gasteiger partial charge is 0.378 e. The summed E-state index contributed by atoms with van der Waals surface area (Å²) in [7, 11) is 0. The van der Waals surface area contributed by atoms with Gasteiger partial charge in [0.25, 0.3) is 0 Å². The summed E-state index contributed by atoms with van der Waals surface area (Å²) in [5.74, 6) is 0.713. The summed E-state index contributed by atoms with van der Waals surface area (Å²) in [6, 6.07) is 7.15. The molecular weight excluding hydrogens is 370 g/mol. The highest BCUT2D eigenvalue weighted by Crippen LogP contribution is 2.25. The number of nitrogens with one attached hydrogen (secondary N) is 2. The topological polar surface area (TPSA) is 79.9 Å². The van der Waals surface area contributed by atoms with Gasteiger partial charge in [0.05, 0.1) is 32.3 Å². The van der Waals surface area contributed by atoms with Gasteiger partial charge in [-0.15, -0.1) is 0 Å². The van der Waals surface area contributed by atoms with Gasteiger partial charge in [-0.3, -0.25) is 4.79 Å². The average Bonchev–Trinajstić information content (AvgIpc) is 2.74. The van der Waals surface area contributed by atoms with E-state index < -0.39 is 0 Å². The molecule has 1 aromatic carbocycles. The molecule has 2 N–H and O–H groups in total. The number of rotatable bonds is 7. The van der Waals surface area contributed by atoms with Gasteiger partial charge in [0.1, 0.15) is 0 Å². The molecule has 3 amide bonds.